The zero-order valence-corrected chi connectivity index (χ0v) is 9.54. The predicted octanol–water partition coefficient (Wildman–Crippen LogP) is 3.94. The van der Waals surface area contributed by atoms with Crippen molar-refractivity contribution in [1.82, 2.24) is 0 Å². The maximum atomic E-state index is 10.1. The highest BCUT2D eigenvalue weighted by Crippen LogP contribution is 2.34. The minimum atomic E-state index is -0.476. The molecule has 84 valence electrons. The molecule has 1 aromatic heterocycles. The molecule has 0 bridgehead atoms. The first-order valence-corrected chi connectivity index (χ1v) is 6.08. The fraction of sp³-hybridized carbons (Fsp3) is 0.667. The van der Waals surface area contributed by atoms with Gasteiger partial charge in [0.05, 0.1) is 0 Å². The zero-order valence-electron chi connectivity index (χ0n) is 8.79. The second kappa shape index (κ2) is 5.04. The Kier molecular flexibility index (Phi) is 3.71. The number of furan rings is 1. The molecule has 0 radical (unpaired) electrons. The van der Waals surface area contributed by atoms with Gasteiger partial charge in [-0.2, -0.15) is 0 Å². The molecule has 3 heteroatoms. The number of aliphatic hydroxyl groups is 1. The highest BCUT2D eigenvalue weighted by molar-refractivity contribution is 6.28. The molecule has 1 saturated carbocycles. The molecule has 15 heavy (non-hydrogen) atoms. The van der Waals surface area contributed by atoms with Crippen molar-refractivity contribution in [2.45, 2.75) is 44.6 Å². The predicted molar refractivity (Wildman–Crippen MR) is 59.9 cm³/mol. The minimum absolute atomic E-state index is 0.342. The van der Waals surface area contributed by atoms with E-state index in [9.17, 15) is 5.11 Å². The SMILES string of the molecule is OC(c1ccc(Cl)o1)C1CCCCCC1. The lowest BCUT2D eigenvalue weighted by Crippen LogP contribution is -2.11. The summed E-state index contributed by atoms with van der Waals surface area (Å²) in [5.41, 5.74) is 0. The van der Waals surface area contributed by atoms with Crippen LogP contribution >= 0.6 is 11.6 Å². The van der Waals surface area contributed by atoms with Crippen LogP contribution in [0.5, 0.6) is 0 Å². The summed E-state index contributed by atoms with van der Waals surface area (Å²) in [6.07, 6.45) is 6.74. The highest BCUT2D eigenvalue weighted by Gasteiger charge is 2.24. The van der Waals surface area contributed by atoms with Crippen LogP contribution in [0, 0.1) is 5.92 Å². The molecule has 1 N–H and O–H groups in total. The Labute approximate surface area is 95.2 Å². The molecule has 1 aliphatic carbocycles. The number of aliphatic hydroxyl groups excluding tert-OH is 1. The second-order valence-electron chi connectivity index (χ2n) is 4.34. The van der Waals surface area contributed by atoms with Crippen molar-refractivity contribution in [1.29, 1.82) is 0 Å². The average Bonchev–Trinajstić information content (AvgIpc) is 2.53. The molecule has 0 aromatic carbocycles. The Morgan fingerprint density at radius 1 is 1.20 bits per heavy atom. The standard InChI is InChI=1S/C12H17ClO2/c13-11-8-7-10(15-11)12(14)9-5-3-1-2-4-6-9/h7-9,12,14H,1-6H2. The summed E-state index contributed by atoms with van der Waals surface area (Å²) in [5, 5.41) is 10.5. The normalized spacial score (nSPS) is 21.2. The van der Waals surface area contributed by atoms with Gasteiger partial charge in [-0.15, -0.1) is 0 Å². The first-order valence-electron chi connectivity index (χ1n) is 5.70. The van der Waals surface area contributed by atoms with Crippen LogP contribution < -0.4 is 0 Å². The number of rotatable bonds is 2. The molecule has 0 saturated heterocycles. The molecule has 1 heterocycles. The first-order chi connectivity index (χ1) is 7.27. The molecule has 1 fully saturated rings. The monoisotopic (exact) mass is 228 g/mol. The summed E-state index contributed by atoms with van der Waals surface area (Å²) in [6.45, 7) is 0. The Bertz CT molecular complexity index is 300. The van der Waals surface area contributed by atoms with E-state index in [-0.39, 0.29) is 0 Å². The highest BCUT2D eigenvalue weighted by atomic mass is 35.5. The molecule has 0 aliphatic heterocycles. The average molecular weight is 229 g/mol. The van der Waals surface area contributed by atoms with Gasteiger partial charge in [0.25, 0.3) is 0 Å². The van der Waals surface area contributed by atoms with E-state index in [1.165, 1.54) is 25.7 Å². The zero-order chi connectivity index (χ0) is 10.7. The fourth-order valence-corrected chi connectivity index (χ4v) is 2.50. The Hall–Kier alpha value is -0.470. The van der Waals surface area contributed by atoms with Gasteiger partial charge >= 0.3 is 0 Å². The number of hydrogen-bond donors (Lipinski definition) is 1. The summed E-state index contributed by atoms with van der Waals surface area (Å²) >= 11 is 5.70. The van der Waals surface area contributed by atoms with E-state index in [0.717, 1.165) is 12.8 Å². The summed E-state index contributed by atoms with van der Waals surface area (Å²) in [6, 6.07) is 3.47. The molecule has 1 unspecified atom stereocenters. The van der Waals surface area contributed by atoms with Crippen molar-refractivity contribution < 1.29 is 9.52 Å². The molecule has 0 amide bonds. The third-order valence-electron chi connectivity index (χ3n) is 3.23. The van der Waals surface area contributed by atoms with E-state index in [0.29, 0.717) is 16.9 Å². The Morgan fingerprint density at radius 3 is 2.40 bits per heavy atom. The fourth-order valence-electron chi connectivity index (χ4n) is 2.35. The van der Waals surface area contributed by atoms with Crippen LogP contribution in [0.2, 0.25) is 5.22 Å². The van der Waals surface area contributed by atoms with Crippen LogP contribution in [-0.2, 0) is 0 Å². The largest absolute Gasteiger partial charge is 0.447 e. The van der Waals surface area contributed by atoms with Crippen LogP contribution in [0.15, 0.2) is 16.5 Å². The maximum Gasteiger partial charge on any atom is 0.193 e. The smallest absolute Gasteiger partial charge is 0.193 e. The van der Waals surface area contributed by atoms with Crippen LogP contribution in [0.1, 0.15) is 50.4 Å². The summed E-state index contributed by atoms with van der Waals surface area (Å²) < 4.78 is 5.25. The Morgan fingerprint density at radius 2 is 1.87 bits per heavy atom. The quantitative estimate of drug-likeness (QED) is 0.778. The maximum absolute atomic E-state index is 10.1. The molecule has 2 nitrogen and oxygen atoms in total. The summed E-state index contributed by atoms with van der Waals surface area (Å²) in [4.78, 5) is 0. The van der Waals surface area contributed by atoms with Crippen LogP contribution in [0.3, 0.4) is 0 Å². The van der Waals surface area contributed by atoms with Gasteiger partial charge in [0, 0.05) is 0 Å². The molecule has 1 aromatic rings. The minimum Gasteiger partial charge on any atom is -0.447 e. The van der Waals surface area contributed by atoms with Gasteiger partial charge in [-0.3, -0.25) is 0 Å². The lowest BCUT2D eigenvalue weighted by Gasteiger charge is -2.18. The molecule has 1 atom stereocenters. The third-order valence-corrected chi connectivity index (χ3v) is 3.43. The van der Waals surface area contributed by atoms with Crippen molar-refractivity contribution in [3.05, 3.63) is 23.1 Å². The van der Waals surface area contributed by atoms with E-state index in [4.69, 9.17) is 16.0 Å². The first kappa shape index (κ1) is 11.0. The third kappa shape index (κ3) is 2.76. The lowest BCUT2D eigenvalue weighted by atomic mass is 9.93. The van der Waals surface area contributed by atoms with Crippen molar-refractivity contribution in [3.8, 4) is 0 Å². The van der Waals surface area contributed by atoms with Gasteiger partial charge < -0.3 is 9.52 Å². The van der Waals surface area contributed by atoms with Gasteiger partial charge in [-0.1, -0.05) is 25.7 Å². The molecule has 2 rings (SSSR count). The molecule has 1 aliphatic rings. The lowest BCUT2D eigenvalue weighted by molar-refractivity contribution is 0.0776. The van der Waals surface area contributed by atoms with Crippen molar-refractivity contribution in [2.24, 2.45) is 5.92 Å². The number of hydrogen-bond acceptors (Lipinski definition) is 2. The molecule has 0 spiro atoms. The summed E-state index contributed by atoms with van der Waals surface area (Å²) in [5.74, 6) is 0.960. The van der Waals surface area contributed by atoms with Crippen molar-refractivity contribution >= 4 is 11.6 Å². The van der Waals surface area contributed by atoms with E-state index >= 15 is 0 Å². The molecular formula is C12H17ClO2. The van der Waals surface area contributed by atoms with Gasteiger partial charge in [-0.25, -0.2) is 0 Å². The van der Waals surface area contributed by atoms with E-state index < -0.39 is 6.10 Å². The van der Waals surface area contributed by atoms with Crippen molar-refractivity contribution in [3.63, 3.8) is 0 Å². The Balaban J connectivity index is 2.02. The summed E-state index contributed by atoms with van der Waals surface area (Å²) in [7, 11) is 0. The van der Waals surface area contributed by atoms with Gasteiger partial charge in [-0.05, 0) is 42.5 Å². The van der Waals surface area contributed by atoms with Crippen LogP contribution in [0.4, 0.5) is 0 Å². The van der Waals surface area contributed by atoms with Crippen molar-refractivity contribution in [2.75, 3.05) is 0 Å². The molecular weight excluding hydrogens is 212 g/mol. The van der Waals surface area contributed by atoms with Gasteiger partial charge in [0.1, 0.15) is 11.9 Å². The van der Waals surface area contributed by atoms with Crippen LogP contribution in [-0.4, -0.2) is 5.11 Å². The van der Waals surface area contributed by atoms with E-state index in [1.54, 1.807) is 12.1 Å². The number of halogens is 1. The van der Waals surface area contributed by atoms with Crippen LogP contribution in [0.25, 0.3) is 0 Å². The van der Waals surface area contributed by atoms with E-state index in [2.05, 4.69) is 0 Å². The van der Waals surface area contributed by atoms with Gasteiger partial charge in [0.2, 0.25) is 0 Å². The van der Waals surface area contributed by atoms with E-state index in [1.807, 2.05) is 0 Å². The topological polar surface area (TPSA) is 33.4 Å². The second-order valence-corrected chi connectivity index (χ2v) is 4.71. The van der Waals surface area contributed by atoms with Gasteiger partial charge in [0.15, 0.2) is 5.22 Å².